The lowest BCUT2D eigenvalue weighted by Gasteiger charge is -2.30. The van der Waals surface area contributed by atoms with E-state index in [2.05, 4.69) is 12.2 Å². The average Bonchev–Trinajstić information content (AvgIpc) is 2.67. The van der Waals surface area contributed by atoms with Gasteiger partial charge in [0.15, 0.2) is 0 Å². The van der Waals surface area contributed by atoms with Crippen LogP contribution in [0, 0.1) is 11.8 Å². The van der Waals surface area contributed by atoms with E-state index in [9.17, 15) is 0 Å². The second-order valence-corrected chi connectivity index (χ2v) is 5.09. The summed E-state index contributed by atoms with van der Waals surface area (Å²) in [5.74, 6) is 1.72. The standard InChI is InChI=1S/C13H25NO/c1-2-14-13-7-5-3-4-6-12(13)11-8-9-15-10-11/h11-14H,2-10H2,1H3. The van der Waals surface area contributed by atoms with Crippen LogP contribution in [0.25, 0.3) is 0 Å². The number of ether oxygens (including phenoxy) is 1. The predicted molar refractivity (Wildman–Crippen MR) is 63.0 cm³/mol. The molecule has 0 aromatic rings. The minimum Gasteiger partial charge on any atom is -0.381 e. The van der Waals surface area contributed by atoms with E-state index in [0.717, 1.165) is 37.6 Å². The highest BCUT2D eigenvalue weighted by molar-refractivity contribution is 4.85. The highest BCUT2D eigenvalue weighted by Gasteiger charge is 2.32. The van der Waals surface area contributed by atoms with Gasteiger partial charge in [0, 0.05) is 19.3 Å². The zero-order valence-electron chi connectivity index (χ0n) is 10.0. The van der Waals surface area contributed by atoms with Crippen LogP contribution < -0.4 is 5.32 Å². The molecule has 0 radical (unpaired) electrons. The quantitative estimate of drug-likeness (QED) is 0.724. The van der Waals surface area contributed by atoms with Gasteiger partial charge >= 0.3 is 0 Å². The van der Waals surface area contributed by atoms with Crippen LogP contribution in [0.15, 0.2) is 0 Å². The van der Waals surface area contributed by atoms with Gasteiger partial charge in [-0.3, -0.25) is 0 Å². The fourth-order valence-corrected chi connectivity index (χ4v) is 3.31. The molecule has 1 saturated carbocycles. The van der Waals surface area contributed by atoms with Gasteiger partial charge in [-0.15, -0.1) is 0 Å². The lowest BCUT2D eigenvalue weighted by atomic mass is 9.82. The van der Waals surface area contributed by atoms with Crippen molar-refractivity contribution in [3.63, 3.8) is 0 Å². The maximum Gasteiger partial charge on any atom is 0.0498 e. The highest BCUT2D eigenvalue weighted by Crippen LogP contribution is 2.33. The lowest BCUT2D eigenvalue weighted by molar-refractivity contribution is 0.156. The Morgan fingerprint density at radius 1 is 1.13 bits per heavy atom. The summed E-state index contributed by atoms with van der Waals surface area (Å²) in [5, 5.41) is 3.70. The molecule has 1 aliphatic heterocycles. The van der Waals surface area contributed by atoms with E-state index in [1.807, 2.05) is 0 Å². The molecule has 88 valence electrons. The van der Waals surface area contributed by atoms with Gasteiger partial charge in [-0.1, -0.05) is 26.2 Å². The van der Waals surface area contributed by atoms with E-state index in [-0.39, 0.29) is 0 Å². The number of rotatable bonds is 3. The van der Waals surface area contributed by atoms with Crippen molar-refractivity contribution < 1.29 is 4.74 Å². The van der Waals surface area contributed by atoms with Crippen LogP contribution in [0.4, 0.5) is 0 Å². The van der Waals surface area contributed by atoms with Gasteiger partial charge in [-0.25, -0.2) is 0 Å². The van der Waals surface area contributed by atoms with E-state index >= 15 is 0 Å². The minimum atomic E-state index is 0.768. The van der Waals surface area contributed by atoms with Crippen molar-refractivity contribution in [3.8, 4) is 0 Å². The molecule has 1 heterocycles. The molecule has 2 aliphatic rings. The van der Waals surface area contributed by atoms with Crippen LogP contribution in [0.2, 0.25) is 0 Å². The highest BCUT2D eigenvalue weighted by atomic mass is 16.5. The van der Waals surface area contributed by atoms with Crippen LogP contribution in [0.5, 0.6) is 0 Å². The molecule has 1 N–H and O–H groups in total. The van der Waals surface area contributed by atoms with E-state index in [0.29, 0.717) is 0 Å². The lowest BCUT2D eigenvalue weighted by Crippen LogP contribution is -2.39. The number of hydrogen-bond acceptors (Lipinski definition) is 2. The van der Waals surface area contributed by atoms with Gasteiger partial charge in [0.05, 0.1) is 0 Å². The Hall–Kier alpha value is -0.0800. The molecule has 0 spiro atoms. The third kappa shape index (κ3) is 2.94. The largest absolute Gasteiger partial charge is 0.381 e. The van der Waals surface area contributed by atoms with Gasteiger partial charge < -0.3 is 10.1 Å². The Balaban J connectivity index is 1.95. The molecule has 2 rings (SSSR count). The van der Waals surface area contributed by atoms with Crippen molar-refractivity contribution in [1.29, 1.82) is 0 Å². The van der Waals surface area contributed by atoms with Gasteiger partial charge in [0.25, 0.3) is 0 Å². The second kappa shape index (κ2) is 5.86. The molecular formula is C13H25NO. The van der Waals surface area contributed by atoms with Crippen molar-refractivity contribution in [3.05, 3.63) is 0 Å². The first kappa shape index (κ1) is 11.4. The Bertz CT molecular complexity index is 177. The third-order valence-electron chi connectivity index (χ3n) is 4.11. The summed E-state index contributed by atoms with van der Waals surface area (Å²) >= 11 is 0. The third-order valence-corrected chi connectivity index (χ3v) is 4.11. The molecule has 2 fully saturated rings. The van der Waals surface area contributed by atoms with E-state index < -0.39 is 0 Å². The van der Waals surface area contributed by atoms with Gasteiger partial charge in [0.2, 0.25) is 0 Å². The van der Waals surface area contributed by atoms with Gasteiger partial charge in [0.1, 0.15) is 0 Å². The smallest absolute Gasteiger partial charge is 0.0498 e. The first-order chi connectivity index (χ1) is 7.42. The Morgan fingerprint density at radius 2 is 2.00 bits per heavy atom. The maximum absolute atomic E-state index is 5.55. The molecule has 0 aromatic heterocycles. The van der Waals surface area contributed by atoms with Crippen LogP contribution in [0.1, 0.15) is 45.4 Å². The first-order valence-electron chi connectivity index (χ1n) is 6.73. The Labute approximate surface area is 93.8 Å². The number of nitrogens with one attached hydrogen (secondary N) is 1. The Kier molecular flexibility index (Phi) is 4.45. The fourth-order valence-electron chi connectivity index (χ4n) is 3.31. The summed E-state index contributed by atoms with van der Waals surface area (Å²) in [7, 11) is 0. The maximum atomic E-state index is 5.55. The monoisotopic (exact) mass is 211 g/mol. The predicted octanol–water partition coefficient (Wildman–Crippen LogP) is 2.58. The molecule has 0 aromatic carbocycles. The summed E-state index contributed by atoms with van der Waals surface area (Å²) in [5.41, 5.74) is 0. The average molecular weight is 211 g/mol. The van der Waals surface area contributed by atoms with Crippen molar-refractivity contribution >= 4 is 0 Å². The van der Waals surface area contributed by atoms with E-state index in [1.54, 1.807) is 0 Å². The normalized spacial score (nSPS) is 37.8. The molecule has 0 bridgehead atoms. The molecular weight excluding hydrogens is 186 g/mol. The van der Waals surface area contributed by atoms with Crippen LogP contribution in [-0.4, -0.2) is 25.8 Å². The van der Waals surface area contributed by atoms with Crippen LogP contribution >= 0.6 is 0 Å². The summed E-state index contributed by atoms with van der Waals surface area (Å²) in [6.45, 7) is 5.37. The summed E-state index contributed by atoms with van der Waals surface area (Å²) < 4.78 is 5.55. The van der Waals surface area contributed by atoms with E-state index in [4.69, 9.17) is 4.74 Å². The van der Waals surface area contributed by atoms with Crippen molar-refractivity contribution in [1.82, 2.24) is 5.32 Å². The molecule has 2 heteroatoms. The molecule has 2 nitrogen and oxygen atoms in total. The van der Waals surface area contributed by atoms with Crippen LogP contribution in [-0.2, 0) is 4.74 Å². The van der Waals surface area contributed by atoms with Crippen molar-refractivity contribution in [2.75, 3.05) is 19.8 Å². The molecule has 1 aliphatic carbocycles. The zero-order valence-corrected chi connectivity index (χ0v) is 10.0. The Morgan fingerprint density at radius 3 is 2.73 bits per heavy atom. The molecule has 3 unspecified atom stereocenters. The zero-order chi connectivity index (χ0) is 10.5. The second-order valence-electron chi connectivity index (χ2n) is 5.09. The topological polar surface area (TPSA) is 21.3 Å². The fraction of sp³-hybridized carbons (Fsp3) is 1.00. The van der Waals surface area contributed by atoms with Gasteiger partial charge in [-0.2, -0.15) is 0 Å². The summed E-state index contributed by atoms with van der Waals surface area (Å²) in [4.78, 5) is 0. The molecule has 0 amide bonds. The van der Waals surface area contributed by atoms with Gasteiger partial charge in [-0.05, 0) is 37.6 Å². The molecule has 15 heavy (non-hydrogen) atoms. The van der Waals surface area contributed by atoms with Crippen molar-refractivity contribution in [2.45, 2.75) is 51.5 Å². The number of hydrogen-bond donors (Lipinski definition) is 1. The summed E-state index contributed by atoms with van der Waals surface area (Å²) in [6.07, 6.45) is 8.39. The van der Waals surface area contributed by atoms with Crippen LogP contribution in [0.3, 0.4) is 0 Å². The SMILES string of the molecule is CCNC1CCCCCC1C1CCOC1. The molecule has 1 saturated heterocycles. The van der Waals surface area contributed by atoms with Crippen molar-refractivity contribution in [2.24, 2.45) is 11.8 Å². The minimum absolute atomic E-state index is 0.768. The first-order valence-corrected chi connectivity index (χ1v) is 6.73. The summed E-state index contributed by atoms with van der Waals surface area (Å²) in [6, 6.07) is 0.768. The molecule has 3 atom stereocenters. The van der Waals surface area contributed by atoms with E-state index in [1.165, 1.54) is 38.5 Å².